The molecular formula is C28H31FN2O4S. The fourth-order valence-corrected chi connectivity index (χ4v) is 5.34. The van der Waals surface area contributed by atoms with E-state index in [1.807, 2.05) is 25.3 Å². The molecule has 0 unspecified atom stereocenters. The third-order valence-corrected chi connectivity index (χ3v) is 7.62. The van der Waals surface area contributed by atoms with Crippen LogP contribution in [-0.2, 0) is 11.2 Å². The average Bonchev–Trinajstić information content (AvgIpc) is 3.38. The first-order chi connectivity index (χ1) is 17.4. The highest BCUT2D eigenvalue weighted by Gasteiger charge is 2.34. The van der Waals surface area contributed by atoms with E-state index < -0.39 is 0 Å². The molecule has 3 aromatic rings. The summed E-state index contributed by atoms with van der Waals surface area (Å²) in [5.74, 6) is 0.278. The molecule has 36 heavy (non-hydrogen) atoms. The molecule has 0 saturated heterocycles. The van der Waals surface area contributed by atoms with Crippen molar-refractivity contribution in [2.24, 2.45) is 0 Å². The summed E-state index contributed by atoms with van der Waals surface area (Å²) in [5.41, 5.74) is 1.53. The van der Waals surface area contributed by atoms with Crippen molar-refractivity contribution in [3.05, 3.63) is 81.8 Å². The quantitative estimate of drug-likeness (QED) is 0.390. The molecule has 1 aliphatic heterocycles. The van der Waals surface area contributed by atoms with Gasteiger partial charge in [0, 0.05) is 29.1 Å². The van der Waals surface area contributed by atoms with E-state index in [0.29, 0.717) is 30.0 Å². The van der Waals surface area contributed by atoms with E-state index in [9.17, 15) is 14.0 Å². The van der Waals surface area contributed by atoms with Gasteiger partial charge in [-0.2, -0.15) is 0 Å². The van der Waals surface area contributed by atoms with Gasteiger partial charge in [0.1, 0.15) is 30.5 Å². The van der Waals surface area contributed by atoms with Gasteiger partial charge in [0.2, 0.25) is 5.91 Å². The van der Waals surface area contributed by atoms with E-state index in [1.54, 1.807) is 64.6 Å². The Labute approximate surface area is 215 Å². The molecule has 2 heterocycles. The first kappa shape index (κ1) is 25.7. The first-order valence-corrected chi connectivity index (χ1v) is 13.0. The van der Waals surface area contributed by atoms with Crippen LogP contribution in [0.2, 0.25) is 0 Å². The van der Waals surface area contributed by atoms with Gasteiger partial charge in [0.05, 0.1) is 13.2 Å². The number of nitrogens with zero attached hydrogens (tertiary/aromatic N) is 2. The number of halogens is 1. The lowest BCUT2D eigenvalue weighted by Crippen LogP contribution is -2.49. The molecule has 0 spiro atoms. The van der Waals surface area contributed by atoms with Crippen molar-refractivity contribution in [2.45, 2.75) is 38.8 Å². The van der Waals surface area contributed by atoms with E-state index in [0.717, 1.165) is 12.0 Å². The molecule has 0 bridgehead atoms. The average molecular weight is 511 g/mol. The van der Waals surface area contributed by atoms with Gasteiger partial charge in [-0.25, -0.2) is 4.39 Å². The summed E-state index contributed by atoms with van der Waals surface area (Å²) in [5, 5.41) is 2.02. The Balaban J connectivity index is 1.55. The van der Waals surface area contributed by atoms with E-state index >= 15 is 0 Å². The molecule has 190 valence electrons. The number of hydrogen-bond acceptors (Lipinski definition) is 5. The zero-order valence-electron chi connectivity index (χ0n) is 20.8. The van der Waals surface area contributed by atoms with Crippen LogP contribution in [0.4, 0.5) is 4.39 Å². The lowest BCUT2D eigenvalue weighted by atomic mass is 10.00. The molecule has 8 heteroatoms. The molecule has 0 radical (unpaired) electrons. The summed E-state index contributed by atoms with van der Waals surface area (Å²) in [6.45, 7) is 4.64. The lowest BCUT2D eigenvalue weighted by Gasteiger charge is -2.38. The molecule has 2 amide bonds. The third-order valence-electron chi connectivity index (χ3n) is 6.63. The maximum Gasteiger partial charge on any atom is 0.254 e. The standard InChI is InChI=1S/C28H31FN2O4S/c1-4-19(2)31(28(33)20-7-5-9-22(15-20)34-3)17-27(32)30-13-11-26-24(12-14-36-26)25(30)18-35-23-10-6-8-21(29)16-23/h5-10,12,14-16,19,25H,4,11,13,17-18H2,1-3H3/t19-,25-/m0/s1. The molecule has 0 fully saturated rings. The number of thiophene rings is 1. The minimum Gasteiger partial charge on any atom is -0.497 e. The van der Waals surface area contributed by atoms with Gasteiger partial charge in [-0.05, 0) is 67.1 Å². The number of ether oxygens (including phenoxy) is 2. The summed E-state index contributed by atoms with van der Waals surface area (Å²) in [7, 11) is 1.56. The Kier molecular flexibility index (Phi) is 8.25. The summed E-state index contributed by atoms with van der Waals surface area (Å²) in [6, 6.07) is 14.5. The van der Waals surface area contributed by atoms with Gasteiger partial charge in [0.25, 0.3) is 5.91 Å². The number of methoxy groups -OCH3 is 1. The summed E-state index contributed by atoms with van der Waals surface area (Å²) in [6.07, 6.45) is 1.46. The Morgan fingerprint density at radius 2 is 1.94 bits per heavy atom. The normalized spacial score (nSPS) is 15.7. The van der Waals surface area contributed by atoms with E-state index in [4.69, 9.17) is 9.47 Å². The van der Waals surface area contributed by atoms with Crippen LogP contribution in [-0.4, -0.2) is 54.5 Å². The predicted molar refractivity (Wildman–Crippen MR) is 138 cm³/mol. The predicted octanol–water partition coefficient (Wildman–Crippen LogP) is 5.34. The maximum absolute atomic E-state index is 13.7. The van der Waals surface area contributed by atoms with Crippen molar-refractivity contribution >= 4 is 23.2 Å². The van der Waals surface area contributed by atoms with Crippen LogP contribution < -0.4 is 9.47 Å². The van der Waals surface area contributed by atoms with Gasteiger partial charge < -0.3 is 19.3 Å². The smallest absolute Gasteiger partial charge is 0.254 e. The van der Waals surface area contributed by atoms with Crippen LogP contribution in [0, 0.1) is 5.82 Å². The SMILES string of the molecule is CC[C@H](C)N(CC(=O)N1CCc2sccc2[C@@H]1COc1cccc(F)c1)C(=O)c1cccc(OC)c1. The Hall–Kier alpha value is -3.39. The monoisotopic (exact) mass is 510 g/mol. The fraction of sp³-hybridized carbons (Fsp3) is 0.357. The molecule has 0 aliphatic carbocycles. The summed E-state index contributed by atoms with van der Waals surface area (Å²) < 4.78 is 24.9. The highest BCUT2D eigenvalue weighted by molar-refractivity contribution is 7.10. The Morgan fingerprint density at radius 3 is 2.69 bits per heavy atom. The maximum atomic E-state index is 13.7. The molecule has 0 saturated carbocycles. The van der Waals surface area contributed by atoms with Crippen molar-refractivity contribution in [1.29, 1.82) is 0 Å². The van der Waals surface area contributed by atoms with Crippen molar-refractivity contribution in [1.82, 2.24) is 9.80 Å². The van der Waals surface area contributed by atoms with Crippen LogP contribution in [0.5, 0.6) is 11.5 Å². The largest absolute Gasteiger partial charge is 0.497 e. The second-order valence-electron chi connectivity index (χ2n) is 8.84. The van der Waals surface area contributed by atoms with Crippen molar-refractivity contribution in [3.8, 4) is 11.5 Å². The molecular weight excluding hydrogens is 479 g/mol. The minimum atomic E-state index is -0.374. The van der Waals surface area contributed by atoms with Gasteiger partial charge >= 0.3 is 0 Å². The molecule has 6 nitrogen and oxygen atoms in total. The number of benzene rings is 2. The number of rotatable bonds is 9. The van der Waals surface area contributed by atoms with Crippen LogP contribution in [0.3, 0.4) is 0 Å². The van der Waals surface area contributed by atoms with Crippen LogP contribution in [0.15, 0.2) is 60.0 Å². The third kappa shape index (κ3) is 5.70. The highest BCUT2D eigenvalue weighted by Crippen LogP contribution is 2.34. The van der Waals surface area contributed by atoms with Gasteiger partial charge in [0.15, 0.2) is 0 Å². The van der Waals surface area contributed by atoms with Crippen molar-refractivity contribution < 1.29 is 23.5 Å². The first-order valence-electron chi connectivity index (χ1n) is 12.1. The number of amides is 2. The molecule has 1 aromatic heterocycles. The molecule has 2 atom stereocenters. The second-order valence-corrected chi connectivity index (χ2v) is 9.84. The van der Waals surface area contributed by atoms with Gasteiger partial charge in [-0.1, -0.05) is 19.1 Å². The molecule has 1 aliphatic rings. The van der Waals surface area contributed by atoms with Gasteiger partial charge in [-0.3, -0.25) is 9.59 Å². The minimum absolute atomic E-state index is 0.0407. The van der Waals surface area contributed by atoms with Crippen LogP contribution in [0.1, 0.15) is 47.1 Å². The molecule has 2 aromatic carbocycles. The summed E-state index contributed by atoms with van der Waals surface area (Å²) in [4.78, 5) is 31.8. The fourth-order valence-electron chi connectivity index (χ4n) is 4.41. The number of carbonyl (C=O) groups excluding carboxylic acids is 2. The Morgan fingerprint density at radius 1 is 1.17 bits per heavy atom. The zero-order valence-corrected chi connectivity index (χ0v) is 21.6. The zero-order chi connectivity index (χ0) is 25.7. The van der Waals surface area contributed by atoms with E-state index in [-0.39, 0.29) is 42.9 Å². The molecule has 0 N–H and O–H groups in total. The van der Waals surface area contributed by atoms with Crippen molar-refractivity contribution in [2.75, 3.05) is 26.8 Å². The van der Waals surface area contributed by atoms with Gasteiger partial charge in [-0.15, -0.1) is 11.3 Å². The van der Waals surface area contributed by atoms with Crippen LogP contribution in [0.25, 0.3) is 0 Å². The number of fused-ring (bicyclic) bond motifs is 1. The summed E-state index contributed by atoms with van der Waals surface area (Å²) >= 11 is 1.67. The number of carbonyl (C=O) groups is 2. The second kappa shape index (κ2) is 11.6. The molecule has 4 rings (SSSR count). The van der Waals surface area contributed by atoms with Crippen molar-refractivity contribution in [3.63, 3.8) is 0 Å². The lowest BCUT2D eigenvalue weighted by molar-refractivity contribution is -0.136. The highest BCUT2D eigenvalue weighted by atomic mass is 32.1. The topological polar surface area (TPSA) is 59.1 Å². The number of hydrogen-bond donors (Lipinski definition) is 0. The van der Waals surface area contributed by atoms with E-state index in [1.165, 1.54) is 17.0 Å². The van der Waals surface area contributed by atoms with Crippen LogP contribution >= 0.6 is 11.3 Å². The van der Waals surface area contributed by atoms with E-state index in [2.05, 4.69) is 0 Å². The Bertz CT molecular complexity index is 1210.